The zero-order chi connectivity index (χ0) is 21.9. The van der Waals surface area contributed by atoms with Crippen molar-refractivity contribution in [3.8, 4) is 5.69 Å². The Morgan fingerprint density at radius 1 is 1.10 bits per heavy atom. The number of imidazole rings is 1. The Bertz CT molecular complexity index is 1140. The first-order valence-corrected chi connectivity index (χ1v) is 11.7. The summed E-state index contributed by atoms with van der Waals surface area (Å²) < 4.78 is 41.9. The monoisotopic (exact) mass is 448 g/mol. The molecule has 0 bridgehead atoms. The number of rotatable bonds is 7. The summed E-state index contributed by atoms with van der Waals surface area (Å²) >= 11 is 1.35. The first kappa shape index (κ1) is 22.0. The summed E-state index contributed by atoms with van der Waals surface area (Å²) in [5, 5.41) is 3.32. The molecule has 0 unspecified atom stereocenters. The summed E-state index contributed by atoms with van der Waals surface area (Å²) in [6.07, 6.45) is 3.27. The van der Waals surface area contributed by atoms with E-state index in [9.17, 15) is 17.6 Å². The van der Waals surface area contributed by atoms with Gasteiger partial charge in [-0.15, -0.1) is 0 Å². The van der Waals surface area contributed by atoms with Gasteiger partial charge in [0.15, 0.2) is 5.16 Å². The molecule has 0 aliphatic carbocycles. The normalized spacial score (nSPS) is 11.6. The van der Waals surface area contributed by atoms with Crippen LogP contribution in [0.4, 0.5) is 10.1 Å². The van der Waals surface area contributed by atoms with Crippen LogP contribution in [-0.2, 0) is 10.0 Å². The van der Waals surface area contributed by atoms with Gasteiger partial charge in [0.25, 0.3) is 5.91 Å². The molecular formula is C20H21FN4O3S2. The van der Waals surface area contributed by atoms with Crippen LogP contribution < -0.4 is 10.0 Å². The summed E-state index contributed by atoms with van der Waals surface area (Å²) in [5.74, 6) is -0.805. The van der Waals surface area contributed by atoms with Crippen molar-refractivity contribution in [1.29, 1.82) is 0 Å². The molecule has 0 saturated heterocycles. The highest BCUT2D eigenvalue weighted by atomic mass is 32.2. The number of amides is 1. The average molecular weight is 449 g/mol. The van der Waals surface area contributed by atoms with Crippen LogP contribution >= 0.6 is 11.8 Å². The van der Waals surface area contributed by atoms with Gasteiger partial charge in [0.05, 0.1) is 11.1 Å². The molecule has 10 heteroatoms. The molecule has 7 nitrogen and oxygen atoms in total. The number of benzene rings is 2. The standard InChI is InChI=1S/C20H21FN4O3S2/c1-13(2)24-30(27,28)17-10-6-15(7-11-17)23-19(26)18-12-22-20(29-3)25(18)16-8-4-14(21)5-9-16/h4-13,24H,1-3H3,(H,23,26). The Labute approximate surface area is 178 Å². The van der Waals surface area contributed by atoms with Gasteiger partial charge in [0.1, 0.15) is 11.5 Å². The SMILES string of the molecule is CSc1ncc(C(=O)Nc2ccc(S(=O)(=O)NC(C)C)cc2)n1-c1ccc(F)cc1. The summed E-state index contributed by atoms with van der Waals surface area (Å²) in [6, 6.07) is 11.4. The Balaban J connectivity index is 1.85. The third-order valence-electron chi connectivity index (χ3n) is 4.04. The predicted octanol–water partition coefficient (Wildman–Crippen LogP) is 3.67. The van der Waals surface area contributed by atoms with E-state index in [0.29, 0.717) is 16.5 Å². The highest BCUT2D eigenvalue weighted by Gasteiger charge is 2.19. The topological polar surface area (TPSA) is 93.1 Å². The lowest BCUT2D eigenvalue weighted by Crippen LogP contribution is -2.30. The number of anilines is 1. The van der Waals surface area contributed by atoms with Crippen LogP contribution in [0.3, 0.4) is 0 Å². The lowest BCUT2D eigenvalue weighted by atomic mass is 10.3. The molecule has 3 rings (SSSR count). The van der Waals surface area contributed by atoms with Gasteiger partial charge in [-0.1, -0.05) is 11.8 Å². The minimum atomic E-state index is -3.61. The third-order valence-corrected chi connectivity index (χ3v) is 6.37. The van der Waals surface area contributed by atoms with Crippen molar-refractivity contribution < 1.29 is 17.6 Å². The van der Waals surface area contributed by atoms with Crippen LogP contribution in [0.15, 0.2) is 64.8 Å². The summed E-state index contributed by atoms with van der Waals surface area (Å²) in [7, 11) is -3.61. The van der Waals surface area contributed by atoms with Crippen molar-refractivity contribution in [3.05, 3.63) is 66.2 Å². The minimum Gasteiger partial charge on any atom is -0.321 e. The van der Waals surface area contributed by atoms with E-state index < -0.39 is 15.9 Å². The van der Waals surface area contributed by atoms with E-state index in [1.165, 1.54) is 54.4 Å². The quantitative estimate of drug-likeness (QED) is 0.538. The largest absolute Gasteiger partial charge is 0.321 e. The number of hydrogen-bond donors (Lipinski definition) is 2. The number of thioether (sulfide) groups is 1. The van der Waals surface area contributed by atoms with Crippen LogP contribution in [0, 0.1) is 5.82 Å². The number of halogens is 1. The zero-order valence-electron chi connectivity index (χ0n) is 16.6. The molecule has 1 heterocycles. The van der Waals surface area contributed by atoms with Crippen LogP contribution in [-0.4, -0.2) is 36.2 Å². The zero-order valence-corrected chi connectivity index (χ0v) is 18.2. The van der Waals surface area contributed by atoms with Gasteiger partial charge < -0.3 is 5.32 Å². The van der Waals surface area contributed by atoms with Crippen molar-refractivity contribution >= 4 is 33.4 Å². The van der Waals surface area contributed by atoms with Gasteiger partial charge in [-0.05, 0) is 68.6 Å². The van der Waals surface area contributed by atoms with Gasteiger partial charge in [-0.25, -0.2) is 22.5 Å². The van der Waals surface area contributed by atoms with Crippen LogP contribution in [0.5, 0.6) is 0 Å². The molecular weight excluding hydrogens is 427 g/mol. The maximum absolute atomic E-state index is 13.3. The van der Waals surface area contributed by atoms with Crippen LogP contribution in [0.25, 0.3) is 5.69 Å². The first-order chi connectivity index (χ1) is 14.2. The van der Waals surface area contributed by atoms with E-state index in [2.05, 4.69) is 15.0 Å². The Morgan fingerprint density at radius 3 is 2.30 bits per heavy atom. The number of sulfonamides is 1. The van der Waals surface area contributed by atoms with Gasteiger partial charge in [0.2, 0.25) is 10.0 Å². The molecule has 0 atom stereocenters. The van der Waals surface area contributed by atoms with Crippen molar-refractivity contribution in [2.45, 2.75) is 29.9 Å². The predicted molar refractivity (Wildman–Crippen MR) is 115 cm³/mol. The van der Waals surface area contributed by atoms with Crippen LogP contribution in [0.2, 0.25) is 0 Å². The Kier molecular flexibility index (Phi) is 6.59. The van der Waals surface area contributed by atoms with E-state index in [4.69, 9.17) is 0 Å². The summed E-state index contributed by atoms with van der Waals surface area (Å²) in [6.45, 7) is 3.47. The molecule has 30 heavy (non-hydrogen) atoms. The van der Waals surface area contributed by atoms with E-state index >= 15 is 0 Å². The number of carbonyl (C=O) groups is 1. The second-order valence-corrected chi connectivity index (χ2v) is 9.18. The van der Waals surface area contributed by atoms with Crippen molar-refractivity contribution in [2.24, 2.45) is 0 Å². The fourth-order valence-corrected chi connectivity index (χ4v) is 4.57. The lowest BCUT2D eigenvalue weighted by Gasteiger charge is -2.12. The minimum absolute atomic E-state index is 0.107. The molecule has 0 aliphatic heterocycles. The number of hydrogen-bond acceptors (Lipinski definition) is 5. The fraction of sp³-hybridized carbons (Fsp3) is 0.200. The van der Waals surface area contributed by atoms with E-state index in [-0.39, 0.29) is 22.4 Å². The number of aromatic nitrogens is 2. The average Bonchev–Trinajstić information content (AvgIpc) is 3.12. The second-order valence-electron chi connectivity index (χ2n) is 6.70. The number of carbonyl (C=O) groups excluding carboxylic acids is 1. The molecule has 1 amide bonds. The highest BCUT2D eigenvalue weighted by Crippen LogP contribution is 2.23. The van der Waals surface area contributed by atoms with Gasteiger partial charge in [0, 0.05) is 17.4 Å². The molecule has 0 saturated carbocycles. The molecule has 0 fully saturated rings. The highest BCUT2D eigenvalue weighted by molar-refractivity contribution is 7.98. The molecule has 3 aromatic rings. The first-order valence-electron chi connectivity index (χ1n) is 9.02. The Hall–Kier alpha value is -2.69. The number of nitrogens with zero attached hydrogens (tertiary/aromatic N) is 2. The lowest BCUT2D eigenvalue weighted by molar-refractivity contribution is 0.102. The van der Waals surface area contributed by atoms with Gasteiger partial charge in [-0.2, -0.15) is 0 Å². The van der Waals surface area contributed by atoms with E-state index in [1.807, 2.05) is 6.26 Å². The molecule has 158 valence electrons. The maximum atomic E-state index is 13.3. The van der Waals surface area contributed by atoms with Crippen molar-refractivity contribution in [2.75, 3.05) is 11.6 Å². The van der Waals surface area contributed by atoms with E-state index in [0.717, 1.165) is 0 Å². The molecule has 2 aromatic carbocycles. The third kappa shape index (κ3) is 4.89. The molecule has 0 spiro atoms. The van der Waals surface area contributed by atoms with E-state index in [1.54, 1.807) is 30.5 Å². The van der Waals surface area contributed by atoms with Crippen molar-refractivity contribution in [1.82, 2.24) is 14.3 Å². The number of nitrogens with one attached hydrogen (secondary N) is 2. The second kappa shape index (κ2) is 8.99. The summed E-state index contributed by atoms with van der Waals surface area (Å²) in [4.78, 5) is 17.2. The Morgan fingerprint density at radius 2 is 1.73 bits per heavy atom. The smallest absolute Gasteiger partial charge is 0.274 e. The molecule has 0 radical (unpaired) electrons. The van der Waals surface area contributed by atoms with Crippen molar-refractivity contribution in [3.63, 3.8) is 0 Å². The maximum Gasteiger partial charge on any atom is 0.274 e. The molecule has 1 aromatic heterocycles. The molecule has 2 N–H and O–H groups in total. The molecule has 0 aliphatic rings. The summed E-state index contributed by atoms with van der Waals surface area (Å²) in [5.41, 5.74) is 1.30. The van der Waals surface area contributed by atoms with Gasteiger partial charge >= 0.3 is 0 Å². The van der Waals surface area contributed by atoms with Gasteiger partial charge in [-0.3, -0.25) is 9.36 Å². The fourth-order valence-electron chi connectivity index (χ4n) is 2.77. The van der Waals surface area contributed by atoms with Crippen LogP contribution in [0.1, 0.15) is 24.3 Å².